The zero-order valence-corrected chi connectivity index (χ0v) is 10.8. The highest BCUT2D eigenvalue weighted by atomic mass is 16.5. The Morgan fingerprint density at radius 2 is 2.00 bits per heavy atom. The van der Waals surface area contributed by atoms with Gasteiger partial charge >= 0.3 is 12.0 Å². The van der Waals surface area contributed by atoms with Gasteiger partial charge in [0, 0.05) is 20.2 Å². The van der Waals surface area contributed by atoms with E-state index in [0.29, 0.717) is 12.5 Å². The van der Waals surface area contributed by atoms with E-state index in [-0.39, 0.29) is 19.0 Å². The van der Waals surface area contributed by atoms with Crippen LogP contribution in [0.1, 0.15) is 32.1 Å². The van der Waals surface area contributed by atoms with Crippen LogP contribution in [0.5, 0.6) is 0 Å². The SMILES string of the molecule is COC(CNC(=O)NCC1CCCC1)CC(=O)O. The number of methoxy groups -OCH3 is 1. The number of carboxylic acids is 1. The second kappa shape index (κ2) is 7.92. The molecule has 0 bridgehead atoms. The van der Waals surface area contributed by atoms with Crippen molar-refractivity contribution in [2.45, 2.75) is 38.2 Å². The van der Waals surface area contributed by atoms with Crippen LogP contribution >= 0.6 is 0 Å². The lowest BCUT2D eigenvalue weighted by molar-refractivity contribution is -0.139. The predicted octanol–water partition coefficient (Wildman–Crippen LogP) is 0.965. The summed E-state index contributed by atoms with van der Waals surface area (Å²) >= 11 is 0. The zero-order valence-electron chi connectivity index (χ0n) is 10.8. The molecule has 1 atom stereocenters. The number of carbonyl (C=O) groups is 2. The molecule has 18 heavy (non-hydrogen) atoms. The molecule has 1 fully saturated rings. The molecule has 1 unspecified atom stereocenters. The number of amides is 2. The Hall–Kier alpha value is -1.30. The molecular weight excluding hydrogens is 236 g/mol. The lowest BCUT2D eigenvalue weighted by Crippen LogP contribution is -2.42. The highest BCUT2D eigenvalue weighted by Crippen LogP contribution is 2.23. The molecule has 0 aromatic rings. The van der Waals surface area contributed by atoms with Gasteiger partial charge < -0.3 is 20.5 Å². The summed E-state index contributed by atoms with van der Waals surface area (Å²) in [6.45, 7) is 0.904. The number of carboxylic acid groups (broad SMARTS) is 1. The molecule has 0 heterocycles. The van der Waals surface area contributed by atoms with Gasteiger partial charge in [0.05, 0.1) is 12.5 Å². The molecule has 3 N–H and O–H groups in total. The molecule has 0 saturated heterocycles. The molecule has 1 rings (SSSR count). The molecule has 6 nitrogen and oxygen atoms in total. The minimum absolute atomic E-state index is 0.112. The van der Waals surface area contributed by atoms with Crippen LogP contribution in [0.3, 0.4) is 0 Å². The topological polar surface area (TPSA) is 87.7 Å². The lowest BCUT2D eigenvalue weighted by Gasteiger charge is -2.15. The Morgan fingerprint density at radius 1 is 1.33 bits per heavy atom. The van der Waals surface area contributed by atoms with Crippen LogP contribution < -0.4 is 10.6 Å². The Kier molecular flexibility index (Phi) is 6.49. The van der Waals surface area contributed by atoms with Crippen LogP contribution in [0.25, 0.3) is 0 Å². The van der Waals surface area contributed by atoms with Crippen molar-refractivity contribution in [2.75, 3.05) is 20.2 Å². The summed E-state index contributed by atoms with van der Waals surface area (Å²) in [5.41, 5.74) is 0. The van der Waals surface area contributed by atoms with Gasteiger partial charge in [0.25, 0.3) is 0 Å². The molecule has 0 aromatic heterocycles. The monoisotopic (exact) mass is 258 g/mol. The first-order valence-corrected chi connectivity index (χ1v) is 6.38. The first-order valence-electron chi connectivity index (χ1n) is 6.38. The second-order valence-corrected chi connectivity index (χ2v) is 4.70. The van der Waals surface area contributed by atoms with Crippen molar-refractivity contribution in [3.05, 3.63) is 0 Å². The predicted molar refractivity (Wildman–Crippen MR) is 66.4 cm³/mol. The first-order chi connectivity index (χ1) is 8.61. The van der Waals surface area contributed by atoms with Gasteiger partial charge in [-0.25, -0.2) is 4.79 Å². The van der Waals surface area contributed by atoms with Gasteiger partial charge in [-0.2, -0.15) is 0 Å². The van der Waals surface area contributed by atoms with Crippen molar-refractivity contribution in [3.8, 4) is 0 Å². The fourth-order valence-corrected chi connectivity index (χ4v) is 2.15. The van der Waals surface area contributed by atoms with Crippen molar-refractivity contribution in [1.29, 1.82) is 0 Å². The number of rotatable bonds is 7. The average Bonchev–Trinajstić information content (AvgIpc) is 2.84. The molecule has 104 valence electrons. The Bertz CT molecular complexity index is 277. The van der Waals surface area contributed by atoms with E-state index in [9.17, 15) is 9.59 Å². The van der Waals surface area contributed by atoms with Gasteiger partial charge in [-0.15, -0.1) is 0 Å². The van der Waals surface area contributed by atoms with Gasteiger partial charge in [-0.1, -0.05) is 12.8 Å². The third-order valence-corrected chi connectivity index (χ3v) is 3.25. The van der Waals surface area contributed by atoms with Crippen molar-refractivity contribution in [3.63, 3.8) is 0 Å². The molecular formula is C12H22N2O4. The molecule has 1 aliphatic carbocycles. The van der Waals surface area contributed by atoms with E-state index in [4.69, 9.17) is 9.84 Å². The van der Waals surface area contributed by atoms with E-state index < -0.39 is 12.1 Å². The Balaban J connectivity index is 2.12. The number of carbonyl (C=O) groups excluding carboxylic acids is 1. The smallest absolute Gasteiger partial charge is 0.314 e. The molecule has 1 saturated carbocycles. The third kappa shape index (κ3) is 5.86. The van der Waals surface area contributed by atoms with Gasteiger partial charge in [-0.3, -0.25) is 4.79 Å². The van der Waals surface area contributed by atoms with Crippen molar-refractivity contribution < 1.29 is 19.4 Å². The lowest BCUT2D eigenvalue weighted by atomic mass is 10.1. The number of ether oxygens (including phenoxy) is 1. The van der Waals surface area contributed by atoms with Crippen LogP contribution in [0.4, 0.5) is 4.79 Å². The maximum atomic E-state index is 11.5. The quantitative estimate of drug-likeness (QED) is 0.635. The van der Waals surface area contributed by atoms with Crippen LogP contribution in [0, 0.1) is 5.92 Å². The summed E-state index contributed by atoms with van der Waals surface area (Å²) in [5, 5.41) is 14.0. The van der Waals surface area contributed by atoms with E-state index >= 15 is 0 Å². The summed E-state index contributed by atoms with van der Waals surface area (Å²) in [6, 6.07) is -0.255. The number of nitrogens with one attached hydrogen (secondary N) is 2. The zero-order chi connectivity index (χ0) is 13.4. The molecule has 0 radical (unpaired) electrons. The highest BCUT2D eigenvalue weighted by Gasteiger charge is 2.16. The maximum Gasteiger partial charge on any atom is 0.314 e. The minimum atomic E-state index is -0.935. The summed E-state index contributed by atoms with van der Waals surface area (Å²) in [4.78, 5) is 22.0. The maximum absolute atomic E-state index is 11.5. The second-order valence-electron chi connectivity index (χ2n) is 4.70. The van der Waals surface area contributed by atoms with E-state index in [1.54, 1.807) is 0 Å². The standard InChI is InChI=1S/C12H22N2O4/c1-18-10(6-11(15)16)8-14-12(17)13-7-9-4-2-3-5-9/h9-10H,2-8H2,1H3,(H,15,16)(H2,13,14,17). The molecule has 1 aliphatic rings. The van der Waals surface area contributed by atoms with Crippen molar-refractivity contribution >= 4 is 12.0 Å². The summed E-state index contributed by atoms with van der Waals surface area (Å²) in [7, 11) is 1.44. The Labute approximate surface area is 107 Å². The molecule has 0 spiro atoms. The summed E-state index contributed by atoms with van der Waals surface area (Å²) < 4.78 is 4.97. The molecule has 2 amide bonds. The summed E-state index contributed by atoms with van der Waals surface area (Å²) in [5.74, 6) is -0.344. The van der Waals surface area contributed by atoms with E-state index in [0.717, 1.165) is 0 Å². The fraction of sp³-hybridized carbons (Fsp3) is 0.833. The van der Waals surface area contributed by atoms with Crippen LogP contribution in [0.15, 0.2) is 0 Å². The van der Waals surface area contributed by atoms with Gasteiger partial charge in [0.1, 0.15) is 0 Å². The average molecular weight is 258 g/mol. The highest BCUT2D eigenvalue weighted by molar-refractivity contribution is 5.74. The first kappa shape index (κ1) is 14.8. The Morgan fingerprint density at radius 3 is 2.56 bits per heavy atom. The van der Waals surface area contributed by atoms with Gasteiger partial charge in [0.15, 0.2) is 0 Å². The van der Waals surface area contributed by atoms with Crippen molar-refractivity contribution in [2.24, 2.45) is 5.92 Å². The number of aliphatic carboxylic acids is 1. The van der Waals surface area contributed by atoms with E-state index in [1.807, 2.05) is 0 Å². The summed E-state index contributed by atoms with van der Waals surface area (Å²) in [6.07, 6.45) is 4.26. The third-order valence-electron chi connectivity index (χ3n) is 3.25. The van der Waals surface area contributed by atoms with Gasteiger partial charge in [0.2, 0.25) is 0 Å². The van der Waals surface area contributed by atoms with Gasteiger partial charge in [-0.05, 0) is 18.8 Å². The van der Waals surface area contributed by atoms with E-state index in [1.165, 1.54) is 32.8 Å². The van der Waals surface area contributed by atoms with Crippen LogP contribution in [-0.2, 0) is 9.53 Å². The number of hydrogen-bond donors (Lipinski definition) is 3. The molecule has 0 aliphatic heterocycles. The van der Waals surface area contributed by atoms with Crippen LogP contribution in [0.2, 0.25) is 0 Å². The van der Waals surface area contributed by atoms with Crippen LogP contribution in [-0.4, -0.2) is 43.4 Å². The largest absolute Gasteiger partial charge is 0.481 e. The van der Waals surface area contributed by atoms with E-state index in [2.05, 4.69) is 10.6 Å². The number of urea groups is 1. The fourth-order valence-electron chi connectivity index (χ4n) is 2.15. The molecule has 0 aromatic carbocycles. The minimum Gasteiger partial charge on any atom is -0.481 e. The van der Waals surface area contributed by atoms with Crippen molar-refractivity contribution in [1.82, 2.24) is 10.6 Å². The normalized spacial score (nSPS) is 17.4. The molecule has 6 heteroatoms. The number of hydrogen-bond acceptors (Lipinski definition) is 3.